The van der Waals surface area contributed by atoms with Gasteiger partial charge in [-0.2, -0.15) is 0 Å². The molecule has 0 aromatic heterocycles. The molecular weight excluding hydrogens is 222 g/mol. The van der Waals surface area contributed by atoms with E-state index in [2.05, 4.69) is 12.2 Å². The number of ether oxygens (including phenoxy) is 2. The van der Waals surface area contributed by atoms with Crippen LogP contribution in [0, 0.1) is 0 Å². The third-order valence-electron chi connectivity index (χ3n) is 3.01. The Morgan fingerprint density at radius 3 is 2.59 bits per heavy atom. The summed E-state index contributed by atoms with van der Waals surface area (Å²) in [5.41, 5.74) is 0. The molecule has 0 aromatic carbocycles. The molecule has 0 amide bonds. The van der Waals surface area contributed by atoms with Crippen LogP contribution in [0.4, 0.5) is 0 Å². The number of esters is 2. The van der Waals surface area contributed by atoms with Gasteiger partial charge in [-0.25, -0.2) is 0 Å². The number of nitrogens with one attached hydrogen (secondary N) is 1. The molecule has 0 aromatic rings. The average molecular weight is 243 g/mol. The Labute approximate surface area is 102 Å². The lowest BCUT2D eigenvalue weighted by atomic mass is 9.93. The van der Waals surface area contributed by atoms with Gasteiger partial charge in [-0.15, -0.1) is 0 Å². The van der Waals surface area contributed by atoms with Crippen LogP contribution in [0.1, 0.15) is 39.5 Å². The Bertz CT molecular complexity index is 280. The highest BCUT2D eigenvalue weighted by Crippen LogP contribution is 2.20. The number of carbonyl (C=O) groups is 2. The van der Waals surface area contributed by atoms with E-state index in [-0.39, 0.29) is 30.1 Å². The summed E-state index contributed by atoms with van der Waals surface area (Å²) >= 11 is 0. The fourth-order valence-electron chi connectivity index (χ4n) is 2.24. The predicted molar refractivity (Wildman–Crippen MR) is 62.4 cm³/mol. The van der Waals surface area contributed by atoms with Gasteiger partial charge < -0.3 is 9.47 Å². The Morgan fingerprint density at radius 1 is 1.35 bits per heavy atom. The molecule has 0 bridgehead atoms. The minimum absolute atomic E-state index is 0.0433. The standard InChI is InChI=1S/C12H21NO4/c1-4-5-9-11(17-8(2)14)7-6-10(13-9)12(15)16-3/h9-11,13H,4-7H2,1-3H3/t9-,10-,11+/m0/s1. The van der Waals surface area contributed by atoms with Crippen LogP contribution < -0.4 is 5.32 Å². The fourth-order valence-corrected chi connectivity index (χ4v) is 2.24. The molecule has 98 valence electrons. The maximum absolute atomic E-state index is 11.5. The van der Waals surface area contributed by atoms with Crippen molar-refractivity contribution >= 4 is 11.9 Å². The highest BCUT2D eigenvalue weighted by Gasteiger charge is 2.34. The van der Waals surface area contributed by atoms with Crippen molar-refractivity contribution < 1.29 is 19.1 Å². The zero-order chi connectivity index (χ0) is 12.8. The lowest BCUT2D eigenvalue weighted by molar-refractivity contribution is -0.152. The van der Waals surface area contributed by atoms with Gasteiger partial charge in [0.25, 0.3) is 0 Å². The molecule has 5 nitrogen and oxygen atoms in total. The van der Waals surface area contributed by atoms with E-state index in [1.165, 1.54) is 14.0 Å². The second-order valence-electron chi connectivity index (χ2n) is 4.36. The Hall–Kier alpha value is -1.10. The number of hydrogen-bond donors (Lipinski definition) is 1. The van der Waals surface area contributed by atoms with Crippen LogP contribution in [0.5, 0.6) is 0 Å². The van der Waals surface area contributed by atoms with E-state index in [1.807, 2.05) is 0 Å². The van der Waals surface area contributed by atoms with Gasteiger partial charge in [0, 0.05) is 13.0 Å². The molecule has 0 saturated carbocycles. The molecule has 3 atom stereocenters. The fraction of sp³-hybridized carbons (Fsp3) is 0.833. The maximum Gasteiger partial charge on any atom is 0.322 e. The van der Waals surface area contributed by atoms with Crippen LogP contribution in [0.2, 0.25) is 0 Å². The van der Waals surface area contributed by atoms with Gasteiger partial charge in [-0.1, -0.05) is 13.3 Å². The third kappa shape index (κ3) is 4.00. The molecule has 1 fully saturated rings. The summed E-state index contributed by atoms with van der Waals surface area (Å²) in [6.07, 6.45) is 3.07. The molecule has 5 heteroatoms. The largest absolute Gasteiger partial charge is 0.468 e. The summed E-state index contributed by atoms with van der Waals surface area (Å²) in [6, 6.07) is -0.231. The summed E-state index contributed by atoms with van der Waals surface area (Å²) in [4.78, 5) is 22.4. The highest BCUT2D eigenvalue weighted by atomic mass is 16.5. The molecule has 1 rings (SSSR count). The first kappa shape index (κ1) is 14.0. The van der Waals surface area contributed by atoms with Crippen molar-refractivity contribution in [2.24, 2.45) is 0 Å². The minimum atomic E-state index is -0.275. The van der Waals surface area contributed by atoms with E-state index < -0.39 is 0 Å². The Balaban J connectivity index is 2.60. The summed E-state index contributed by atoms with van der Waals surface area (Å²) in [5, 5.41) is 3.21. The molecular formula is C12H21NO4. The number of carbonyl (C=O) groups excluding carboxylic acids is 2. The van der Waals surface area contributed by atoms with Crippen molar-refractivity contribution in [3.8, 4) is 0 Å². The normalized spacial score (nSPS) is 28.5. The monoisotopic (exact) mass is 243 g/mol. The SMILES string of the molecule is CCC[C@@H]1N[C@H](C(=O)OC)CC[C@H]1OC(C)=O. The molecule has 17 heavy (non-hydrogen) atoms. The topological polar surface area (TPSA) is 64.6 Å². The van der Waals surface area contributed by atoms with Gasteiger partial charge in [0.1, 0.15) is 12.1 Å². The van der Waals surface area contributed by atoms with Gasteiger partial charge in [0.05, 0.1) is 7.11 Å². The van der Waals surface area contributed by atoms with E-state index in [4.69, 9.17) is 9.47 Å². The molecule has 1 saturated heterocycles. The van der Waals surface area contributed by atoms with Gasteiger partial charge in [-0.3, -0.25) is 14.9 Å². The summed E-state index contributed by atoms with van der Waals surface area (Å²) in [7, 11) is 1.39. The van der Waals surface area contributed by atoms with E-state index in [0.29, 0.717) is 12.8 Å². The van der Waals surface area contributed by atoms with E-state index in [0.717, 1.165) is 12.8 Å². The van der Waals surface area contributed by atoms with Gasteiger partial charge >= 0.3 is 11.9 Å². The zero-order valence-corrected chi connectivity index (χ0v) is 10.7. The smallest absolute Gasteiger partial charge is 0.322 e. The highest BCUT2D eigenvalue weighted by molar-refractivity contribution is 5.75. The number of rotatable bonds is 4. The van der Waals surface area contributed by atoms with Crippen LogP contribution in [0.25, 0.3) is 0 Å². The number of methoxy groups -OCH3 is 1. The molecule has 1 N–H and O–H groups in total. The van der Waals surface area contributed by atoms with E-state index in [9.17, 15) is 9.59 Å². The molecule has 0 radical (unpaired) electrons. The Kier molecular flexibility index (Phi) is 5.41. The summed E-state index contributed by atoms with van der Waals surface area (Å²) < 4.78 is 9.99. The average Bonchev–Trinajstić information content (AvgIpc) is 2.30. The van der Waals surface area contributed by atoms with E-state index >= 15 is 0 Å². The first-order valence-electron chi connectivity index (χ1n) is 6.09. The van der Waals surface area contributed by atoms with Crippen LogP contribution in [0.15, 0.2) is 0 Å². The summed E-state index contributed by atoms with van der Waals surface area (Å²) in [5.74, 6) is -0.512. The predicted octanol–water partition coefficient (Wildman–Crippen LogP) is 1.01. The van der Waals surface area contributed by atoms with Crippen LogP contribution in [-0.4, -0.2) is 37.2 Å². The van der Waals surface area contributed by atoms with Gasteiger partial charge in [0.15, 0.2) is 0 Å². The van der Waals surface area contributed by atoms with Crippen molar-refractivity contribution in [2.45, 2.75) is 57.7 Å². The number of piperidine rings is 1. The minimum Gasteiger partial charge on any atom is -0.468 e. The first-order valence-corrected chi connectivity index (χ1v) is 6.09. The van der Waals surface area contributed by atoms with Crippen LogP contribution in [0.3, 0.4) is 0 Å². The summed E-state index contributed by atoms with van der Waals surface area (Å²) in [6.45, 7) is 3.48. The molecule has 1 aliphatic heterocycles. The Morgan fingerprint density at radius 2 is 2.06 bits per heavy atom. The molecule has 0 aliphatic carbocycles. The molecule has 0 spiro atoms. The lowest BCUT2D eigenvalue weighted by Gasteiger charge is -2.35. The van der Waals surface area contributed by atoms with Crippen molar-refractivity contribution in [1.29, 1.82) is 0 Å². The lowest BCUT2D eigenvalue weighted by Crippen LogP contribution is -2.54. The molecule has 1 aliphatic rings. The van der Waals surface area contributed by atoms with Gasteiger partial charge in [-0.05, 0) is 19.3 Å². The second kappa shape index (κ2) is 6.59. The quantitative estimate of drug-likeness (QED) is 0.747. The van der Waals surface area contributed by atoms with Crippen molar-refractivity contribution in [3.05, 3.63) is 0 Å². The number of hydrogen-bond acceptors (Lipinski definition) is 5. The van der Waals surface area contributed by atoms with Gasteiger partial charge in [0.2, 0.25) is 0 Å². The van der Waals surface area contributed by atoms with Crippen molar-refractivity contribution in [3.63, 3.8) is 0 Å². The first-order chi connectivity index (χ1) is 8.08. The van der Waals surface area contributed by atoms with Crippen molar-refractivity contribution in [2.75, 3.05) is 7.11 Å². The van der Waals surface area contributed by atoms with Crippen LogP contribution >= 0.6 is 0 Å². The second-order valence-corrected chi connectivity index (χ2v) is 4.36. The zero-order valence-electron chi connectivity index (χ0n) is 10.7. The molecule has 0 unspecified atom stereocenters. The molecule has 1 heterocycles. The van der Waals surface area contributed by atoms with E-state index in [1.54, 1.807) is 0 Å². The van der Waals surface area contributed by atoms with Crippen LogP contribution in [-0.2, 0) is 19.1 Å². The van der Waals surface area contributed by atoms with Crippen molar-refractivity contribution in [1.82, 2.24) is 5.32 Å². The third-order valence-corrected chi connectivity index (χ3v) is 3.01. The maximum atomic E-state index is 11.5.